The molecule has 1 aliphatic heterocycles. The highest BCUT2D eigenvalue weighted by molar-refractivity contribution is 5.27. The summed E-state index contributed by atoms with van der Waals surface area (Å²) in [6.45, 7) is 8.53. The summed E-state index contributed by atoms with van der Waals surface area (Å²) in [5, 5.41) is 3.63. The average molecular weight is 261 g/mol. The first-order valence-electron chi connectivity index (χ1n) is 7.59. The van der Waals surface area contributed by atoms with E-state index >= 15 is 0 Å². The first-order valence-corrected chi connectivity index (χ1v) is 7.59. The zero-order chi connectivity index (χ0) is 13.6. The van der Waals surface area contributed by atoms with Crippen LogP contribution in [0.25, 0.3) is 0 Å². The highest BCUT2D eigenvalue weighted by Crippen LogP contribution is 2.34. The highest BCUT2D eigenvalue weighted by Gasteiger charge is 2.32. The molecule has 1 aromatic carbocycles. The van der Waals surface area contributed by atoms with E-state index in [4.69, 9.17) is 4.74 Å². The molecule has 1 aliphatic rings. The van der Waals surface area contributed by atoms with Crippen LogP contribution in [0.3, 0.4) is 0 Å². The molecule has 1 fully saturated rings. The molecule has 0 unspecified atom stereocenters. The number of benzene rings is 1. The largest absolute Gasteiger partial charge is 0.381 e. The first-order chi connectivity index (χ1) is 9.26. The topological polar surface area (TPSA) is 21.3 Å². The Labute approximate surface area is 117 Å². The number of nitrogens with one attached hydrogen (secondary N) is 1. The summed E-state index contributed by atoms with van der Waals surface area (Å²) in [5.74, 6) is 0. The lowest BCUT2D eigenvalue weighted by Crippen LogP contribution is -2.41. The van der Waals surface area contributed by atoms with E-state index in [1.54, 1.807) is 0 Å². The third-order valence-corrected chi connectivity index (χ3v) is 4.31. The Morgan fingerprint density at radius 1 is 1.21 bits per heavy atom. The molecule has 0 aliphatic carbocycles. The van der Waals surface area contributed by atoms with Gasteiger partial charge in [0.15, 0.2) is 0 Å². The van der Waals surface area contributed by atoms with Crippen LogP contribution in [0.1, 0.15) is 37.3 Å². The molecule has 1 N–H and O–H groups in total. The van der Waals surface area contributed by atoms with Gasteiger partial charge in [-0.15, -0.1) is 0 Å². The van der Waals surface area contributed by atoms with Crippen molar-refractivity contribution in [1.82, 2.24) is 5.32 Å². The van der Waals surface area contributed by atoms with E-state index in [9.17, 15) is 0 Å². The minimum atomic E-state index is 0.388. The normalized spacial score (nSPS) is 18.4. The molecule has 2 rings (SSSR count). The molecule has 0 radical (unpaired) electrons. The van der Waals surface area contributed by atoms with Crippen molar-refractivity contribution in [3.8, 4) is 0 Å². The van der Waals surface area contributed by atoms with Crippen LogP contribution in [0.2, 0.25) is 0 Å². The standard InChI is InChI=1S/C17H27NO/c1-3-10-18-14-17(8-11-19-12-9-17)13-16-7-5-4-6-15(16)2/h4-7,18H,3,8-14H2,1-2H3. The van der Waals surface area contributed by atoms with Crippen molar-refractivity contribution in [2.24, 2.45) is 5.41 Å². The molecule has 0 bridgehead atoms. The molecule has 0 spiro atoms. The maximum absolute atomic E-state index is 5.57. The second-order valence-corrected chi connectivity index (χ2v) is 5.89. The maximum Gasteiger partial charge on any atom is 0.0471 e. The third-order valence-electron chi connectivity index (χ3n) is 4.31. The second-order valence-electron chi connectivity index (χ2n) is 5.89. The van der Waals surface area contributed by atoms with Crippen molar-refractivity contribution in [3.05, 3.63) is 35.4 Å². The van der Waals surface area contributed by atoms with E-state index in [1.807, 2.05) is 0 Å². The monoisotopic (exact) mass is 261 g/mol. The Bertz CT molecular complexity index is 383. The molecule has 0 atom stereocenters. The fraction of sp³-hybridized carbons (Fsp3) is 0.647. The van der Waals surface area contributed by atoms with Gasteiger partial charge in [-0.2, -0.15) is 0 Å². The number of hydrogen-bond donors (Lipinski definition) is 1. The number of ether oxygens (including phenoxy) is 1. The average Bonchev–Trinajstić information content (AvgIpc) is 2.43. The predicted molar refractivity (Wildman–Crippen MR) is 80.5 cm³/mol. The molecular formula is C17H27NO. The quantitative estimate of drug-likeness (QED) is 0.793. The predicted octanol–water partition coefficient (Wildman–Crippen LogP) is 3.33. The van der Waals surface area contributed by atoms with Crippen LogP contribution < -0.4 is 5.32 Å². The minimum Gasteiger partial charge on any atom is -0.381 e. The Balaban J connectivity index is 2.06. The number of hydrogen-bond acceptors (Lipinski definition) is 2. The maximum atomic E-state index is 5.57. The summed E-state index contributed by atoms with van der Waals surface area (Å²) in [5.41, 5.74) is 3.31. The van der Waals surface area contributed by atoms with Crippen molar-refractivity contribution >= 4 is 0 Å². The molecule has 1 aromatic rings. The van der Waals surface area contributed by atoms with Gasteiger partial charge in [-0.25, -0.2) is 0 Å². The van der Waals surface area contributed by atoms with E-state index in [0.717, 1.165) is 26.3 Å². The second kappa shape index (κ2) is 7.06. The Kier molecular flexibility index (Phi) is 5.41. The van der Waals surface area contributed by atoms with Crippen molar-refractivity contribution in [2.75, 3.05) is 26.3 Å². The van der Waals surface area contributed by atoms with E-state index in [2.05, 4.69) is 43.4 Å². The van der Waals surface area contributed by atoms with E-state index in [0.29, 0.717) is 5.41 Å². The summed E-state index contributed by atoms with van der Waals surface area (Å²) in [4.78, 5) is 0. The van der Waals surface area contributed by atoms with Crippen LogP contribution in [-0.4, -0.2) is 26.3 Å². The van der Waals surface area contributed by atoms with Crippen LogP contribution in [0.5, 0.6) is 0 Å². The molecule has 0 saturated carbocycles. The summed E-state index contributed by atoms with van der Waals surface area (Å²) < 4.78 is 5.57. The zero-order valence-electron chi connectivity index (χ0n) is 12.4. The summed E-state index contributed by atoms with van der Waals surface area (Å²) in [6, 6.07) is 8.80. The summed E-state index contributed by atoms with van der Waals surface area (Å²) in [6.07, 6.45) is 4.74. The van der Waals surface area contributed by atoms with Gasteiger partial charge in [0.1, 0.15) is 0 Å². The van der Waals surface area contributed by atoms with Gasteiger partial charge in [-0.05, 0) is 55.7 Å². The smallest absolute Gasteiger partial charge is 0.0471 e. The number of rotatable bonds is 6. The van der Waals surface area contributed by atoms with Crippen LogP contribution >= 0.6 is 0 Å². The Hall–Kier alpha value is -0.860. The van der Waals surface area contributed by atoms with Crippen LogP contribution in [-0.2, 0) is 11.2 Å². The lowest BCUT2D eigenvalue weighted by Gasteiger charge is -2.38. The molecule has 19 heavy (non-hydrogen) atoms. The molecular weight excluding hydrogens is 234 g/mol. The van der Waals surface area contributed by atoms with Gasteiger partial charge in [0, 0.05) is 19.8 Å². The molecule has 2 nitrogen and oxygen atoms in total. The van der Waals surface area contributed by atoms with Crippen molar-refractivity contribution < 1.29 is 4.74 Å². The highest BCUT2D eigenvalue weighted by atomic mass is 16.5. The molecule has 1 heterocycles. The van der Waals surface area contributed by atoms with Gasteiger partial charge < -0.3 is 10.1 Å². The molecule has 0 amide bonds. The molecule has 1 saturated heterocycles. The Morgan fingerprint density at radius 2 is 1.95 bits per heavy atom. The SMILES string of the molecule is CCCNCC1(Cc2ccccc2C)CCOCC1. The van der Waals surface area contributed by atoms with Crippen LogP contribution in [0.15, 0.2) is 24.3 Å². The number of aryl methyl sites for hydroxylation is 1. The lowest BCUT2D eigenvalue weighted by atomic mass is 9.74. The lowest BCUT2D eigenvalue weighted by molar-refractivity contribution is 0.0149. The van der Waals surface area contributed by atoms with Crippen molar-refractivity contribution in [1.29, 1.82) is 0 Å². The van der Waals surface area contributed by atoms with Gasteiger partial charge >= 0.3 is 0 Å². The van der Waals surface area contributed by atoms with Crippen LogP contribution in [0, 0.1) is 12.3 Å². The fourth-order valence-corrected chi connectivity index (χ4v) is 2.96. The third kappa shape index (κ3) is 4.05. The zero-order valence-corrected chi connectivity index (χ0v) is 12.4. The Morgan fingerprint density at radius 3 is 2.63 bits per heavy atom. The van der Waals surface area contributed by atoms with Crippen LogP contribution in [0.4, 0.5) is 0 Å². The van der Waals surface area contributed by atoms with E-state index < -0.39 is 0 Å². The van der Waals surface area contributed by atoms with Gasteiger partial charge in [0.25, 0.3) is 0 Å². The van der Waals surface area contributed by atoms with Crippen molar-refractivity contribution in [3.63, 3.8) is 0 Å². The van der Waals surface area contributed by atoms with Gasteiger partial charge in [-0.3, -0.25) is 0 Å². The first kappa shape index (κ1) is 14.5. The van der Waals surface area contributed by atoms with Gasteiger partial charge in [0.2, 0.25) is 0 Å². The van der Waals surface area contributed by atoms with E-state index in [1.165, 1.54) is 36.8 Å². The van der Waals surface area contributed by atoms with Gasteiger partial charge in [0.05, 0.1) is 0 Å². The van der Waals surface area contributed by atoms with Crippen molar-refractivity contribution in [2.45, 2.75) is 39.5 Å². The minimum absolute atomic E-state index is 0.388. The summed E-state index contributed by atoms with van der Waals surface area (Å²) >= 11 is 0. The molecule has 106 valence electrons. The summed E-state index contributed by atoms with van der Waals surface area (Å²) in [7, 11) is 0. The van der Waals surface area contributed by atoms with E-state index in [-0.39, 0.29) is 0 Å². The fourth-order valence-electron chi connectivity index (χ4n) is 2.96. The van der Waals surface area contributed by atoms with Gasteiger partial charge in [-0.1, -0.05) is 31.2 Å². The molecule has 2 heteroatoms. The molecule has 0 aromatic heterocycles.